The molecule has 0 saturated heterocycles. The Balaban J connectivity index is -0.0000000583. The topological polar surface area (TPSA) is 229 Å². The number of ketones is 4. The van der Waals surface area contributed by atoms with Gasteiger partial charge >= 0.3 is 0 Å². The molecule has 15 heteroatoms. The van der Waals surface area contributed by atoms with E-state index in [1.807, 2.05) is 118 Å². The number of imidazole rings is 1. The van der Waals surface area contributed by atoms with E-state index in [-0.39, 0.29) is 23.1 Å². The first kappa shape index (κ1) is 180. The first-order valence-corrected chi connectivity index (χ1v) is 57.1. The van der Waals surface area contributed by atoms with Crippen molar-refractivity contribution < 1.29 is 19.2 Å². The van der Waals surface area contributed by atoms with Crippen molar-refractivity contribution in [3.05, 3.63) is 160 Å². The van der Waals surface area contributed by atoms with Crippen molar-refractivity contribution in [2.75, 3.05) is 43.9 Å². The fraction of sp³-hybridized carbons (Fsp3) is 0.721. The van der Waals surface area contributed by atoms with Gasteiger partial charge in [0.25, 0.3) is 0 Å². The fourth-order valence-electron chi connectivity index (χ4n) is 6.62. The number of thiol groups is 1. The van der Waals surface area contributed by atoms with E-state index in [9.17, 15) is 19.2 Å². The normalized spacial score (nSPS) is 8.69. The van der Waals surface area contributed by atoms with Crippen molar-refractivity contribution in [1.82, 2.24) is 15.0 Å². The summed E-state index contributed by atoms with van der Waals surface area (Å²) >= 11 is 11.4. The number of hydrogen-bond donors (Lipinski definition) is 7. The Hall–Kier alpha value is -5.35. The molecule has 2 heterocycles. The zero-order chi connectivity index (χ0) is 112. The average molecular weight is 1990 g/mol. The number of unbranched alkanes of at least 4 members (excludes halogenated alkanes) is 8. The second-order valence-electron chi connectivity index (χ2n) is 33.4. The molecule has 0 bridgehead atoms. The number of fused-ring (bicyclic) bond motifs is 1. The van der Waals surface area contributed by atoms with Gasteiger partial charge in [-0.25, -0.2) is 4.98 Å². The lowest BCUT2D eigenvalue weighted by atomic mass is 10.1. The minimum atomic E-state index is 0.255. The zero-order valence-corrected chi connectivity index (χ0v) is 104. The van der Waals surface area contributed by atoms with E-state index in [0.29, 0.717) is 18.7 Å². The highest BCUT2D eigenvalue weighted by Gasteiger charge is 1.98. The van der Waals surface area contributed by atoms with Gasteiger partial charge in [0.2, 0.25) is 0 Å². The summed E-state index contributed by atoms with van der Waals surface area (Å²) < 4.78 is 0. The van der Waals surface area contributed by atoms with Crippen LogP contribution in [-0.2, 0) is 51.3 Å². The summed E-state index contributed by atoms with van der Waals surface area (Å²) in [5.74, 6) is 7.47. The van der Waals surface area contributed by atoms with Crippen LogP contribution in [0.25, 0.3) is 10.9 Å². The molecule has 0 aliphatic heterocycles. The van der Waals surface area contributed by atoms with E-state index in [1.165, 1.54) is 159 Å². The molecule has 0 aliphatic carbocycles. The summed E-state index contributed by atoms with van der Waals surface area (Å²) in [5.41, 5.74) is 29.7. The summed E-state index contributed by atoms with van der Waals surface area (Å²) in [6.07, 6.45) is 42.4. The monoisotopic (exact) mass is 1990 g/mol. The van der Waals surface area contributed by atoms with Crippen LogP contribution >= 0.6 is 36.0 Å². The average Bonchev–Trinajstić information content (AvgIpc) is 1.70. The number of thioether (sulfide) groups is 1. The van der Waals surface area contributed by atoms with Gasteiger partial charge in [-0.1, -0.05) is 482 Å². The van der Waals surface area contributed by atoms with Crippen molar-refractivity contribution in [2.45, 2.75) is 518 Å². The number of aromatic amines is 2. The second-order valence-corrected chi connectivity index (χ2v) is 35.4. The number of aryl methyl sites for hydroxylation is 6. The molecule has 6 rings (SSSR count). The molecule has 0 fully saturated rings. The number of aliphatic imine (C=N–C) groups is 1. The molecule has 0 spiro atoms. The van der Waals surface area contributed by atoms with Crippen LogP contribution in [-0.4, -0.2) is 87.9 Å². The Morgan fingerprint density at radius 2 is 0.759 bits per heavy atom. The smallest absolute Gasteiger partial charge is 0.129 e. The van der Waals surface area contributed by atoms with Gasteiger partial charge in [0.15, 0.2) is 0 Å². The maximum atomic E-state index is 10.0. The Morgan fingerprint density at radius 1 is 0.423 bits per heavy atom. The summed E-state index contributed by atoms with van der Waals surface area (Å²) in [5, 5.41) is 2.18. The molecule has 6 aromatic rings. The highest BCUT2D eigenvalue weighted by Crippen LogP contribution is 2.17. The number of amidine groups is 1. The van der Waals surface area contributed by atoms with E-state index >= 15 is 0 Å². The zero-order valence-electron chi connectivity index (χ0n) is 101. The number of nitrogens with zero attached hydrogens (tertiary/aromatic N) is 2. The number of carbonyl (C=O) groups excluding carboxylic acids is 4. The first-order chi connectivity index (χ1) is 64.9. The SMILES string of the molecule is CC.CC.CC(C)C.CC(C)C.CCC.CCC.CCC(C)=O.CCC(C)=O.CCC(C)C.CCC(C)C.CCCC.CCCC(C)=O.CCCC(C)=O.CCCCC.CCCCC.CCCCCN.CCCCN=C(C)N.CCCN.CCCSC.CCN.CCS.CCc1c[nH]c2ccccc12.CCc1ccc(C)cc1.CCc1cccc(Cl)c1.CCc1ccccc1.CCc1cnc[nH]1. The maximum Gasteiger partial charge on any atom is 0.129 e. The van der Waals surface area contributed by atoms with E-state index in [1.54, 1.807) is 34.0 Å². The number of aromatic nitrogens is 3. The van der Waals surface area contributed by atoms with Gasteiger partial charge in [0, 0.05) is 66.2 Å². The molecule has 0 atom stereocenters. The van der Waals surface area contributed by atoms with E-state index < -0.39 is 0 Å². The van der Waals surface area contributed by atoms with Crippen LogP contribution < -0.4 is 22.9 Å². The first-order valence-electron chi connectivity index (χ1n) is 54.7. The predicted octanol–water partition coefficient (Wildman–Crippen LogP) is 40.0. The molecule has 0 unspecified atom stereocenters. The van der Waals surface area contributed by atoms with Gasteiger partial charge < -0.3 is 52.1 Å². The summed E-state index contributed by atoms with van der Waals surface area (Å²) in [6, 6.07) is 35.4. The molecular weight excluding hydrogens is 1740 g/mol. The largest absolute Gasteiger partial charge is 0.388 e. The lowest BCUT2D eigenvalue weighted by molar-refractivity contribution is -0.117. The van der Waals surface area contributed by atoms with E-state index in [4.69, 9.17) is 34.5 Å². The third kappa shape index (κ3) is 269. The van der Waals surface area contributed by atoms with Crippen LogP contribution in [0.5, 0.6) is 0 Å². The van der Waals surface area contributed by atoms with Crippen LogP contribution in [0.2, 0.25) is 5.02 Å². The lowest BCUT2D eigenvalue weighted by Crippen LogP contribution is -2.05. The number of H-pyrrole nitrogens is 2. The summed E-state index contributed by atoms with van der Waals surface area (Å²) in [7, 11) is 0. The summed E-state index contributed by atoms with van der Waals surface area (Å²) in [6.45, 7) is 101. The highest BCUT2D eigenvalue weighted by molar-refractivity contribution is 7.98. The fourth-order valence-corrected chi connectivity index (χ4v) is 7.24. The standard InChI is InChI=1S/C10H11N.C9H12.C8H9Cl.C8H10.C6H14N2.C5H8N2.C5H13N.2C5H10O.4C5H12.2C4H8O.C4H10S.3C4H10.C3H9N.2C3H8.C2H7N.C2H6S.2C2H6/c1-2-8-7-11-10-6-4-3-5-9(8)10;1-3-9-6-4-8(2)5-7-9;1-2-7-4-3-5-8(9)6-7;1-2-8-6-4-3-5-7-8;1-3-4-5-8-6(2)7;1-2-5-3-6-4-7-5;1-2-3-4-5-6;2*1-3-4-5(2)6;2*1-4-5(2)3;2*1-3-5-4-2;2*1-3-4(2)5;1-3-4-5-2;2*1-4(2)3;1-3-4-2;1-2-3-4;2*1-3-2;2*1-2-3;2*1-2/h3-7,11H,2H2,1H3;4-7H,3H2,1-2H3;3-6H,2H2,1H3;3-7H,2H2,1H3;3-5H2,1-2H3,(H2,7,8);3-4H,2H2,1H3,(H,6,7);2-6H2,1H3;2*3-4H2,1-2H3;2*5H,4H2,1-3H3;2*3-5H2,1-2H3;2*3H2,1-2H3;3-4H2,1-2H3;2*4H,1-3H3;3-4H2,1-2H3;2-4H2,1H3;2*3H2,1-2H3;2-3H2,1H3;3H,2H2,1H3;2*1-2H3. The van der Waals surface area contributed by atoms with Gasteiger partial charge in [0.05, 0.1) is 12.2 Å². The van der Waals surface area contributed by atoms with Crippen LogP contribution in [0.1, 0.15) is 513 Å². The number of rotatable bonds is 27. The number of nitrogens with two attached hydrogens (primary N) is 4. The minimum absolute atomic E-state index is 0.255. The molecule has 137 heavy (non-hydrogen) atoms. The van der Waals surface area contributed by atoms with Crippen LogP contribution in [0, 0.1) is 30.6 Å². The molecule has 4 aromatic carbocycles. The quantitative estimate of drug-likeness (QED) is 0.0112. The molecule has 822 valence electrons. The number of para-hydroxylation sites is 1. The molecule has 0 radical (unpaired) electrons. The van der Waals surface area contributed by atoms with Crippen molar-refractivity contribution in [1.29, 1.82) is 0 Å². The van der Waals surface area contributed by atoms with E-state index in [2.05, 4.69) is 345 Å². The summed E-state index contributed by atoms with van der Waals surface area (Å²) in [4.78, 5) is 53.8. The molecule has 0 saturated carbocycles. The van der Waals surface area contributed by atoms with Gasteiger partial charge in [-0.15, -0.1) is 0 Å². The van der Waals surface area contributed by atoms with E-state index in [0.717, 1.165) is 131 Å². The number of hydrogen-bond acceptors (Lipinski definition) is 11. The number of carbonyl (C=O) groups is 4. The maximum absolute atomic E-state index is 10.0. The van der Waals surface area contributed by atoms with Gasteiger partial charge in [-0.3, -0.25) is 4.99 Å². The third-order valence-corrected chi connectivity index (χ3v) is 16.2. The lowest BCUT2D eigenvalue weighted by Gasteiger charge is -1.94. The van der Waals surface area contributed by atoms with Crippen molar-refractivity contribution >= 4 is 75.9 Å². The Bertz CT molecular complexity index is 2810. The highest BCUT2D eigenvalue weighted by atomic mass is 35.5. The third-order valence-electron chi connectivity index (χ3n) is 15.2. The minimum Gasteiger partial charge on any atom is -0.388 e. The number of halogens is 1. The number of benzene rings is 4. The molecule has 10 N–H and O–H groups in total. The number of Topliss-reactive ketones (excluding diaryl/α,β-unsaturated/α-hetero) is 4. The molecule has 12 nitrogen and oxygen atoms in total. The predicted molar refractivity (Wildman–Crippen MR) is 651 cm³/mol. The molecule has 0 aliphatic rings. The molecular formula is C122H251ClN8O4S2. The van der Waals surface area contributed by atoms with Crippen LogP contribution in [0.4, 0.5) is 0 Å². The Morgan fingerprint density at radius 3 is 0.949 bits per heavy atom. The second kappa shape index (κ2) is 183. The Labute approximate surface area is 878 Å². The van der Waals surface area contributed by atoms with Gasteiger partial charge in [0.1, 0.15) is 23.1 Å². The number of nitrogens with one attached hydrogen (secondary N) is 2. The van der Waals surface area contributed by atoms with Crippen molar-refractivity contribution in [3.8, 4) is 0 Å². The van der Waals surface area contributed by atoms with Gasteiger partial charge in [-0.2, -0.15) is 24.4 Å². The van der Waals surface area contributed by atoms with Gasteiger partial charge in [-0.05, 0) is 214 Å². The van der Waals surface area contributed by atoms with Crippen molar-refractivity contribution in [3.63, 3.8) is 0 Å². The van der Waals surface area contributed by atoms with Crippen molar-refractivity contribution in [2.24, 2.45) is 51.6 Å². The van der Waals surface area contributed by atoms with Crippen LogP contribution in [0.15, 0.2) is 127 Å². The van der Waals surface area contributed by atoms with Crippen LogP contribution in [0.3, 0.4) is 0 Å². The molecule has 2 aromatic heterocycles. The molecule has 0 amide bonds. The Kier molecular flexibility index (Phi) is 240.